The number of nitrogens with two attached hydrogens (primary N) is 1. The van der Waals surface area contributed by atoms with Crippen LogP contribution in [0.25, 0.3) is 44.3 Å². The number of anilines is 1. The van der Waals surface area contributed by atoms with Gasteiger partial charge in [-0.25, -0.2) is 17.8 Å². The van der Waals surface area contributed by atoms with Gasteiger partial charge in [0, 0.05) is 28.4 Å². The van der Waals surface area contributed by atoms with Gasteiger partial charge in [0.15, 0.2) is 9.84 Å². The lowest BCUT2D eigenvalue weighted by Crippen LogP contribution is -2.20. The van der Waals surface area contributed by atoms with Crippen LogP contribution in [0.4, 0.5) is 10.3 Å². The molecule has 0 spiro atoms. The van der Waals surface area contributed by atoms with Crippen LogP contribution in [0, 0.1) is 5.82 Å². The molecule has 41 heavy (non-hydrogen) atoms. The zero-order valence-corrected chi connectivity index (χ0v) is 22.7. The minimum absolute atomic E-state index is 0.00193. The van der Waals surface area contributed by atoms with Crippen LogP contribution in [0.3, 0.4) is 0 Å². The zero-order valence-electron chi connectivity index (χ0n) is 21.9. The number of sulfone groups is 1. The van der Waals surface area contributed by atoms with Crippen LogP contribution in [0.2, 0.25) is 0 Å². The molecule has 0 amide bonds. The van der Waals surface area contributed by atoms with Crippen molar-refractivity contribution in [2.45, 2.75) is 31.8 Å². The van der Waals surface area contributed by atoms with Crippen molar-refractivity contribution >= 4 is 43.2 Å². The van der Waals surface area contributed by atoms with Crippen molar-refractivity contribution in [1.29, 1.82) is 0 Å². The number of aliphatic hydroxyl groups is 1. The van der Waals surface area contributed by atoms with E-state index in [2.05, 4.69) is 15.0 Å². The maximum atomic E-state index is 15.2. The molecule has 2 aromatic carbocycles. The fraction of sp³-hybridized carbons (Fsp3) is 0.233. The van der Waals surface area contributed by atoms with Crippen LogP contribution < -0.4 is 11.3 Å². The molecule has 0 unspecified atom stereocenters. The van der Waals surface area contributed by atoms with Crippen LogP contribution in [0.1, 0.15) is 42.0 Å². The number of benzene rings is 2. The van der Waals surface area contributed by atoms with Crippen molar-refractivity contribution in [2.24, 2.45) is 0 Å². The first-order valence-corrected chi connectivity index (χ1v) is 15.2. The molecule has 4 N–H and O–H groups in total. The summed E-state index contributed by atoms with van der Waals surface area (Å²) < 4.78 is 40.3. The number of pyridine rings is 1. The largest absolute Gasteiger partial charge is 0.392 e. The number of nitrogens with zero attached hydrogens (tertiary/aromatic N) is 3. The molecule has 1 saturated carbocycles. The number of nitrogen functional groups attached to an aromatic ring is 1. The van der Waals surface area contributed by atoms with Gasteiger partial charge < -0.3 is 15.8 Å². The molecule has 7 rings (SSSR count). The molecular weight excluding hydrogens is 545 g/mol. The highest BCUT2D eigenvalue weighted by Gasteiger charge is 2.26. The summed E-state index contributed by atoms with van der Waals surface area (Å²) in [5.74, 6) is -0.165. The van der Waals surface area contributed by atoms with E-state index in [0.29, 0.717) is 57.0 Å². The third-order valence-electron chi connectivity index (χ3n) is 7.97. The van der Waals surface area contributed by atoms with Gasteiger partial charge in [0.25, 0.3) is 5.56 Å². The van der Waals surface area contributed by atoms with Crippen molar-refractivity contribution in [3.63, 3.8) is 0 Å². The Morgan fingerprint density at radius 2 is 1.98 bits per heavy atom. The van der Waals surface area contributed by atoms with E-state index in [9.17, 15) is 18.3 Å². The van der Waals surface area contributed by atoms with Crippen LogP contribution in [0.5, 0.6) is 0 Å². The SMILES string of the molecule is Nc1nc(-c2cccc(-n3ccc4cc(C5CC5)cc(F)c4c3=O)c2CO)c2cc(C3=CCS(=O)(=O)CC3)[nH]c2n1. The monoisotopic (exact) mass is 571 g/mol. The van der Waals surface area contributed by atoms with Crippen molar-refractivity contribution < 1.29 is 17.9 Å². The van der Waals surface area contributed by atoms with Gasteiger partial charge in [0.1, 0.15) is 11.5 Å². The lowest BCUT2D eigenvalue weighted by Gasteiger charge is -2.16. The van der Waals surface area contributed by atoms with E-state index in [1.54, 1.807) is 36.5 Å². The number of nitrogens with one attached hydrogen (secondary N) is 1. The normalized spacial score (nSPS) is 16.8. The van der Waals surface area contributed by atoms with Gasteiger partial charge in [-0.05, 0) is 66.0 Å². The lowest BCUT2D eigenvalue weighted by molar-refractivity contribution is 0.282. The number of hydrogen-bond donors (Lipinski definition) is 3. The number of aromatic nitrogens is 4. The topological polar surface area (TPSA) is 144 Å². The maximum absolute atomic E-state index is 15.2. The second-order valence-corrected chi connectivity index (χ2v) is 12.9. The number of rotatable bonds is 5. The summed E-state index contributed by atoms with van der Waals surface area (Å²) in [6.45, 7) is -0.426. The predicted octanol–water partition coefficient (Wildman–Crippen LogP) is 4.22. The Morgan fingerprint density at radius 3 is 2.71 bits per heavy atom. The third kappa shape index (κ3) is 4.41. The molecule has 3 aromatic heterocycles. The molecule has 0 bridgehead atoms. The van der Waals surface area contributed by atoms with Crippen LogP contribution in [0.15, 0.2) is 59.5 Å². The quantitative estimate of drug-likeness (QED) is 0.286. The highest BCUT2D eigenvalue weighted by atomic mass is 32.2. The van der Waals surface area contributed by atoms with E-state index in [4.69, 9.17) is 5.73 Å². The predicted molar refractivity (Wildman–Crippen MR) is 156 cm³/mol. The average molecular weight is 572 g/mol. The second kappa shape index (κ2) is 9.35. The van der Waals surface area contributed by atoms with E-state index in [1.807, 2.05) is 12.1 Å². The maximum Gasteiger partial charge on any atom is 0.265 e. The van der Waals surface area contributed by atoms with Crippen LogP contribution >= 0.6 is 0 Å². The van der Waals surface area contributed by atoms with Crippen molar-refractivity contribution in [3.05, 3.63) is 87.7 Å². The van der Waals surface area contributed by atoms with E-state index in [0.717, 1.165) is 24.0 Å². The Labute approximate surface area is 234 Å². The van der Waals surface area contributed by atoms with Crippen LogP contribution in [-0.2, 0) is 16.4 Å². The minimum Gasteiger partial charge on any atom is -0.392 e. The molecule has 1 aliphatic heterocycles. The first-order chi connectivity index (χ1) is 19.7. The molecule has 1 fully saturated rings. The number of aromatic amines is 1. The number of fused-ring (bicyclic) bond motifs is 2. The number of halogens is 1. The van der Waals surface area contributed by atoms with Crippen molar-refractivity contribution in [2.75, 3.05) is 17.2 Å². The van der Waals surface area contributed by atoms with E-state index in [-0.39, 0.29) is 22.8 Å². The highest BCUT2D eigenvalue weighted by Crippen LogP contribution is 2.41. The Morgan fingerprint density at radius 1 is 1.15 bits per heavy atom. The average Bonchev–Trinajstić information content (AvgIpc) is 3.71. The molecule has 1 aliphatic carbocycles. The van der Waals surface area contributed by atoms with E-state index in [1.165, 1.54) is 10.6 Å². The molecule has 9 nitrogen and oxygen atoms in total. The van der Waals surface area contributed by atoms with Crippen LogP contribution in [-0.4, -0.2) is 44.5 Å². The summed E-state index contributed by atoms with van der Waals surface area (Å²) >= 11 is 0. The summed E-state index contributed by atoms with van der Waals surface area (Å²) in [5, 5.41) is 11.7. The van der Waals surface area contributed by atoms with E-state index < -0.39 is 27.8 Å². The summed E-state index contributed by atoms with van der Waals surface area (Å²) in [6.07, 6.45) is 5.71. The second-order valence-electron chi connectivity index (χ2n) is 10.7. The Kier molecular flexibility index (Phi) is 5.84. The number of aliphatic hydroxyl groups excluding tert-OH is 1. The molecule has 0 atom stereocenters. The molecule has 0 saturated heterocycles. The molecule has 208 valence electrons. The molecular formula is C30H26FN5O4S. The van der Waals surface area contributed by atoms with Gasteiger partial charge in [0.05, 0.1) is 34.9 Å². The first kappa shape index (κ1) is 25.6. The Bertz CT molecular complexity index is 2090. The summed E-state index contributed by atoms with van der Waals surface area (Å²) in [6, 6.07) is 12.1. The minimum atomic E-state index is -3.09. The fourth-order valence-corrected chi connectivity index (χ4v) is 6.86. The van der Waals surface area contributed by atoms with Gasteiger partial charge in [-0.15, -0.1) is 0 Å². The third-order valence-corrected chi connectivity index (χ3v) is 9.47. The summed E-state index contributed by atoms with van der Waals surface area (Å²) in [7, 11) is -3.09. The van der Waals surface area contributed by atoms with Gasteiger partial charge in [-0.1, -0.05) is 24.3 Å². The van der Waals surface area contributed by atoms with Gasteiger partial charge in [-0.3, -0.25) is 9.36 Å². The number of allylic oxidation sites excluding steroid dienone is 1. The zero-order chi connectivity index (χ0) is 28.5. The van der Waals surface area contributed by atoms with E-state index >= 15 is 4.39 Å². The standard InChI is InChI=1S/C30H26FN5O4S/c31-23-13-19(16-4-5-16)12-18-6-9-36(29(38)26(18)23)25-3-1-2-20(22(25)15-37)27-21-14-24(33-28(21)35-30(32)34-27)17-7-10-41(39,40)11-8-17/h1-3,6-7,9,12-14,16,37H,4-5,8,10-11,15H2,(H3,32,33,34,35). The van der Waals surface area contributed by atoms with Gasteiger partial charge >= 0.3 is 0 Å². The molecule has 0 radical (unpaired) electrons. The molecule has 2 aliphatic rings. The van der Waals surface area contributed by atoms with Gasteiger partial charge in [0.2, 0.25) is 5.95 Å². The fourth-order valence-electron chi connectivity index (χ4n) is 5.71. The van der Waals surface area contributed by atoms with Gasteiger partial charge in [-0.2, -0.15) is 4.98 Å². The summed E-state index contributed by atoms with van der Waals surface area (Å²) in [5.41, 5.74) is 10.3. The number of H-pyrrole nitrogens is 1. The Balaban J connectivity index is 1.38. The lowest BCUT2D eigenvalue weighted by atomic mass is 9.99. The van der Waals surface area contributed by atoms with Crippen molar-refractivity contribution in [1.82, 2.24) is 19.5 Å². The smallest absolute Gasteiger partial charge is 0.265 e. The van der Waals surface area contributed by atoms with Crippen molar-refractivity contribution in [3.8, 4) is 16.9 Å². The highest BCUT2D eigenvalue weighted by molar-refractivity contribution is 7.91. The summed E-state index contributed by atoms with van der Waals surface area (Å²) in [4.78, 5) is 25.6. The molecule has 11 heteroatoms. The Hall–Kier alpha value is -4.35. The first-order valence-electron chi connectivity index (χ1n) is 13.4. The molecule has 5 aromatic rings. The molecule has 4 heterocycles. The number of hydrogen-bond acceptors (Lipinski definition) is 7.